The third-order valence-electron chi connectivity index (χ3n) is 2.58. The van der Waals surface area contributed by atoms with Crippen molar-refractivity contribution in [3.8, 4) is 0 Å². The van der Waals surface area contributed by atoms with E-state index in [0.29, 0.717) is 0 Å². The second kappa shape index (κ2) is 4.85. The fraction of sp³-hybridized carbons (Fsp3) is 0.500. The van der Waals surface area contributed by atoms with Gasteiger partial charge < -0.3 is 5.32 Å². The lowest BCUT2D eigenvalue weighted by molar-refractivity contribution is 0.682. The van der Waals surface area contributed by atoms with Crippen LogP contribution in [0.5, 0.6) is 0 Å². The lowest BCUT2D eigenvalue weighted by Crippen LogP contribution is -2.19. The van der Waals surface area contributed by atoms with E-state index in [1.807, 2.05) is 0 Å². The summed E-state index contributed by atoms with van der Waals surface area (Å²) in [6, 6.07) is 9.72. The Kier molecular flexibility index (Phi) is 3.49. The summed E-state index contributed by atoms with van der Waals surface area (Å²) < 4.78 is 0. The van der Waals surface area contributed by atoms with Gasteiger partial charge in [0.2, 0.25) is 0 Å². The smallest absolute Gasteiger partial charge is 0.00693 e. The van der Waals surface area contributed by atoms with Gasteiger partial charge in [-0.1, -0.05) is 12.1 Å². The van der Waals surface area contributed by atoms with Crippen molar-refractivity contribution in [2.45, 2.75) is 30.2 Å². The molecule has 14 heavy (non-hydrogen) atoms. The number of rotatable bonds is 5. The molecule has 1 nitrogen and oxygen atoms in total. The molecular weight excluding hydrogens is 190 g/mol. The standard InChI is InChI=1S/C12H17NS/c1-14-12-6-2-10(3-7-12)8-9-13-11-4-5-11/h2-3,6-7,11,13H,4-5,8-9H2,1H3. The van der Waals surface area contributed by atoms with Crippen molar-refractivity contribution in [3.63, 3.8) is 0 Å². The topological polar surface area (TPSA) is 12.0 Å². The molecule has 1 fully saturated rings. The second-order valence-electron chi connectivity index (χ2n) is 3.83. The highest BCUT2D eigenvalue weighted by Crippen LogP contribution is 2.18. The Balaban J connectivity index is 1.77. The third-order valence-corrected chi connectivity index (χ3v) is 3.33. The molecule has 0 radical (unpaired) electrons. The highest BCUT2D eigenvalue weighted by molar-refractivity contribution is 7.98. The minimum Gasteiger partial charge on any atom is -0.314 e. The average Bonchev–Trinajstić information content (AvgIpc) is 3.03. The molecule has 1 saturated carbocycles. The van der Waals surface area contributed by atoms with Crippen LogP contribution in [-0.2, 0) is 6.42 Å². The van der Waals surface area contributed by atoms with Gasteiger partial charge in [0.15, 0.2) is 0 Å². The Morgan fingerprint density at radius 1 is 1.29 bits per heavy atom. The van der Waals surface area contributed by atoms with Gasteiger partial charge in [-0.15, -0.1) is 11.8 Å². The van der Waals surface area contributed by atoms with Gasteiger partial charge in [0.1, 0.15) is 0 Å². The molecule has 1 N–H and O–H groups in total. The van der Waals surface area contributed by atoms with Gasteiger partial charge in [-0.2, -0.15) is 0 Å². The summed E-state index contributed by atoms with van der Waals surface area (Å²) in [4.78, 5) is 1.35. The minimum absolute atomic E-state index is 0.834. The number of hydrogen-bond acceptors (Lipinski definition) is 2. The van der Waals surface area contributed by atoms with Crippen LogP contribution in [-0.4, -0.2) is 18.8 Å². The van der Waals surface area contributed by atoms with Gasteiger partial charge in [0.25, 0.3) is 0 Å². The summed E-state index contributed by atoms with van der Waals surface area (Å²) in [6.45, 7) is 1.13. The molecule has 0 spiro atoms. The Bertz CT molecular complexity index is 277. The lowest BCUT2D eigenvalue weighted by atomic mass is 10.1. The van der Waals surface area contributed by atoms with Crippen molar-refractivity contribution in [1.82, 2.24) is 5.32 Å². The van der Waals surface area contributed by atoms with Crippen molar-refractivity contribution in [2.24, 2.45) is 0 Å². The zero-order valence-electron chi connectivity index (χ0n) is 8.62. The Morgan fingerprint density at radius 2 is 2.00 bits per heavy atom. The summed E-state index contributed by atoms with van der Waals surface area (Å²) in [6.07, 6.45) is 6.03. The van der Waals surface area contributed by atoms with Crippen LogP contribution in [0.3, 0.4) is 0 Å². The normalized spacial score (nSPS) is 15.8. The molecule has 0 bridgehead atoms. The molecule has 0 amide bonds. The van der Waals surface area contributed by atoms with Gasteiger partial charge in [-0.25, -0.2) is 0 Å². The molecule has 1 aromatic carbocycles. The third kappa shape index (κ3) is 3.03. The van der Waals surface area contributed by atoms with E-state index < -0.39 is 0 Å². The molecule has 0 saturated heterocycles. The molecule has 1 aliphatic carbocycles. The quantitative estimate of drug-likeness (QED) is 0.745. The first-order valence-electron chi connectivity index (χ1n) is 5.25. The van der Waals surface area contributed by atoms with E-state index in [4.69, 9.17) is 0 Å². The van der Waals surface area contributed by atoms with Crippen LogP contribution in [0.25, 0.3) is 0 Å². The average molecular weight is 207 g/mol. The molecule has 0 heterocycles. The Morgan fingerprint density at radius 3 is 2.57 bits per heavy atom. The lowest BCUT2D eigenvalue weighted by Gasteiger charge is -2.03. The largest absolute Gasteiger partial charge is 0.314 e. The minimum atomic E-state index is 0.834. The van der Waals surface area contributed by atoms with E-state index in [0.717, 1.165) is 19.0 Å². The zero-order valence-corrected chi connectivity index (χ0v) is 9.44. The highest BCUT2D eigenvalue weighted by Gasteiger charge is 2.19. The molecular formula is C12H17NS. The summed E-state index contributed by atoms with van der Waals surface area (Å²) in [5.74, 6) is 0. The van der Waals surface area contributed by atoms with Crippen LogP contribution in [0.15, 0.2) is 29.2 Å². The number of nitrogens with one attached hydrogen (secondary N) is 1. The summed E-state index contributed by atoms with van der Waals surface area (Å²) in [5.41, 5.74) is 1.44. The van der Waals surface area contributed by atoms with Crippen molar-refractivity contribution >= 4 is 11.8 Å². The van der Waals surface area contributed by atoms with Crippen LogP contribution < -0.4 is 5.32 Å². The van der Waals surface area contributed by atoms with E-state index in [2.05, 4.69) is 35.8 Å². The Hall–Kier alpha value is -0.470. The number of thioether (sulfide) groups is 1. The van der Waals surface area contributed by atoms with E-state index in [1.54, 1.807) is 11.8 Å². The van der Waals surface area contributed by atoms with E-state index >= 15 is 0 Å². The second-order valence-corrected chi connectivity index (χ2v) is 4.71. The monoisotopic (exact) mass is 207 g/mol. The van der Waals surface area contributed by atoms with Gasteiger partial charge in [-0.05, 0) is 49.8 Å². The van der Waals surface area contributed by atoms with Crippen molar-refractivity contribution in [3.05, 3.63) is 29.8 Å². The van der Waals surface area contributed by atoms with E-state index in [9.17, 15) is 0 Å². The fourth-order valence-electron chi connectivity index (χ4n) is 1.50. The first-order valence-corrected chi connectivity index (χ1v) is 6.47. The maximum absolute atomic E-state index is 3.53. The van der Waals surface area contributed by atoms with Crippen LogP contribution in [0.1, 0.15) is 18.4 Å². The van der Waals surface area contributed by atoms with Crippen LogP contribution in [0.4, 0.5) is 0 Å². The maximum atomic E-state index is 3.53. The summed E-state index contributed by atoms with van der Waals surface area (Å²) in [5, 5.41) is 3.53. The van der Waals surface area contributed by atoms with Gasteiger partial charge in [-0.3, -0.25) is 0 Å². The molecule has 2 heteroatoms. The van der Waals surface area contributed by atoms with Gasteiger partial charge >= 0.3 is 0 Å². The van der Waals surface area contributed by atoms with E-state index in [1.165, 1.54) is 23.3 Å². The summed E-state index contributed by atoms with van der Waals surface area (Å²) >= 11 is 1.80. The molecule has 0 atom stereocenters. The summed E-state index contributed by atoms with van der Waals surface area (Å²) in [7, 11) is 0. The molecule has 2 rings (SSSR count). The van der Waals surface area contributed by atoms with Crippen LogP contribution in [0, 0.1) is 0 Å². The molecule has 1 aliphatic rings. The first kappa shape index (κ1) is 10.1. The molecule has 0 aromatic heterocycles. The van der Waals surface area contributed by atoms with Gasteiger partial charge in [0.05, 0.1) is 0 Å². The molecule has 1 aromatic rings. The number of benzene rings is 1. The SMILES string of the molecule is CSc1ccc(CCNC2CC2)cc1. The van der Waals surface area contributed by atoms with E-state index in [-0.39, 0.29) is 0 Å². The zero-order chi connectivity index (χ0) is 9.80. The van der Waals surface area contributed by atoms with Crippen molar-refractivity contribution in [1.29, 1.82) is 0 Å². The molecule has 0 unspecified atom stereocenters. The predicted octanol–water partition coefficient (Wildman–Crippen LogP) is 2.70. The molecule has 0 aliphatic heterocycles. The van der Waals surface area contributed by atoms with Gasteiger partial charge in [0, 0.05) is 10.9 Å². The van der Waals surface area contributed by atoms with Crippen LogP contribution in [0.2, 0.25) is 0 Å². The Labute approximate surface area is 90.3 Å². The number of hydrogen-bond donors (Lipinski definition) is 1. The fourth-order valence-corrected chi connectivity index (χ4v) is 1.91. The van der Waals surface area contributed by atoms with Crippen LogP contribution >= 0.6 is 11.8 Å². The van der Waals surface area contributed by atoms with Crippen molar-refractivity contribution < 1.29 is 0 Å². The molecule has 76 valence electrons. The first-order chi connectivity index (χ1) is 6.88. The predicted molar refractivity (Wildman–Crippen MR) is 63.0 cm³/mol. The highest BCUT2D eigenvalue weighted by atomic mass is 32.2. The maximum Gasteiger partial charge on any atom is 0.00693 e. The van der Waals surface area contributed by atoms with Crippen molar-refractivity contribution in [2.75, 3.05) is 12.8 Å².